The highest BCUT2D eigenvalue weighted by molar-refractivity contribution is 6.25. The van der Waals surface area contributed by atoms with Gasteiger partial charge in [0.25, 0.3) is 0 Å². The average Bonchev–Trinajstić information content (AvgIpc) is 3.91. The molecule has 58 heavy (non-hydrogen) atoms. The molecule has 12 aromatic rings. The van der Waals surface area contributed by atoms with Gasteiger partial charge in [-0.3, -0.25) is 0 Å². The van der Waals surface area contributed by atoms with Crippen molar-refractivity contribution in [2.24, 2.45) is 0 Å². The summed E-state index contributed by atoms with van der Waals surface area (Å²) < 4.78 is 6.59. The summed E-state index contributed by atoms with van der Waals surface area (Å²) >= 11 is 0. The van der Waals surface area contributed by atoms with Crippen molar-refractivity contribution in [1.29, 1.82) is 0 Å². The fraction of sp³-hybridized carbons (Fsp3) is 0.0175. The van der Waals surface area contributed by atoms with Crippen molar-refractivity contribution in [3.05, 3.63) is 216 Å². The van der Waals surface area contributed by atoms with Crippen LogP contribution >= 0.6 is 0 Å². The van der Waals surface area contributed by atoms with Gasteiger partial charge in [0.1, 0.15) is 11.2 Å². The molecule has 266 valence electrons. The first-order chi connectivity index (χ1) is 28.8. The van der Waals surface area contributed by atoms with Crippen LogP contribution < -0.4 is 0 Å². The minimum Gasteiger partial charge on any atom is -0.456 e. The first-order valence-corrected chi connectivity index (χ1v) is 20.2. The van der Waals surface area contributed by atoms with Crippen molar-refractivity contribution in [3.63, 3.8) is 0 Å². The molecule has 0 fully saturated rings. The predicted octanol–water partition coefficient (Wildman–Crippen LogP) is 15.3. The predicted molar refractivity (Wildman–Crippen MR) is 242 cm³/mol. The Morgan fingerprint density at radius 1 is 0.310 bits per heavy atom. The van der Waals surface area contributed by atoms with E-state index in [1.165, 1.54) is 104 Å². The first-order valence-electron chi connectivity index (χ1n) is 20.2. The van der Waals surface area contributed by atoms with Crippen LogP contribution in [0, 0.1) is 0 Å². The fourth-order valence-electron chi connectivity index (χ4n) is 11.3. The third kappa shape index (κ3) is 3.72. The fourth-order valence-corrected chi connectivity index (χ4v) is 11.3. The molecular weight excluding hydrogens is 701 g/mol. The van der Waals surface area contributed by atoms with Crippen LogP contribution in [0.1, 0.15) is 22.3 Å². The topological polar surface area (TPSA) is 13.1 Å². The van der Waals surface area contributed by atoms with E-state index in [0.717, 1.165) is 27.5 Å². The lowest BCUT2D eigenvalue weighted by molar-refractivity contribution is 0.669. The highest BCUT2D eigenvalue weighted by Crippen LogP contribution is 2.66. The monoisotopic (exact) mass is 732 g/mol. The summed E-state index contributed by atoms with van der Waals surface area (Å²) in [5, 5.41) is 12.6. The number of hydrogen-bond donors (Lipinski definition) is 0. The molecular formula is C57H32O. The Morgan fingerprint density at radius 3 is 1.74 bits per heavy atom. The number of fused-ring (bicyclic) bond motifs is 15. The van der Waals surface area contributed by atoms with Gasteiger partial charge in [-0.2, -0.15) is 0 Å². The van der Waals surface area contributed by atoms with Crippen LogP contribution in [0.15, 0.2) is 199 Å². The number of furan rings is 1. The van der Waals surface area contributed by atoms with E-state index >= 15 is 0 Å². The summed E-state index contributed by atoms with van der Waals surface area (Å²) in [6, 6.07) is 72.8. The van der Waals surface area contributed by atoms with Crippen LogP contribution in [0.25, 0.3) is 110 Å². The third-order valence-electron chi connectivity index (χ3n) is 13.6. The Labute approximate surface area is 334 Å². The standard InChI is InChI=1S/C57H32O/c1-2-13-40-33(10-1)22-29-46-55-47(37-25-27-44-43-16-5-8-19-51(43)58-52(44)32-37)30-38(39-26-23-36-21-20-34-11-9-12-35-24-28-45(39)54(36)53(34)35)31-50(55)57(56(40)46)48-17-6-3-14-41(48)42-15-4-7-18-49(42)57/h1-32H. The van der Waals surface area contributed by atoms with E-state index in [-0.39, 0.29) is 0 Å². The van der Waals surface area contributed by atoms with Crippen molar-refractivity contribution >= 4 is 65.0 Å². The van der Waals surface area contributed by atoms with Crippen LogP contribution in [0.3, 0.4) is 0 Å². The van der Waals surface area contributed by atoms with Gasteiger partial charge in [0.05, 0.1) is 5.41 Å². The molecule has 2 aliphatic rings. The van der Waals surface area contributed by atoms with Crippen molar-refractivity contribution in [2.45, 2.75) is 5.41 Å². The lowest BCUT2D eigenvalue weighted by Crippen LogP contribution is -2.26. The van der Waals surface area contributed by atoms with E-state index in [1.54, 1.807) is 0 Å². The Balaban J connectivity index is 1.17. The molecule has 1 nitrogen and oxygen atoms in total. The molecule has 1 spiro atoms. The van der Waals surface area contributed by atoms with Gasteiger partial charge in [-0.15, -0.1) is 0 Å². The van der Waals surface area contributed by atoms with Gasteiger partial charge >= 0.3 is 0 Å². The van der Waals surface area contributed by atoms with E-state index in [2.05, 4.69) is 194 Å². The van der Waals surface area contributed by atoms with Crippen LogP contribution in [-0.4, -0.2) is 0 Å². The van der Waals surface area contributed by atoms with Gasteiger partial charge < -0.3 is 4.42 Å². The van der Waals surface area contributed by atoms with E-state index in [9.17, 15) is 0 Å². The molecule has 0 unspecified atom stereocenters. The highest BCUT2D eigenvalue weighted by atomic mass is 16.3. The molecule has 1 heteroatoms. The smallest absolute Gasteiger partial charge is 0.136 e. The van der Waals surface area contributed by atoms with Gasteiger partial charge in [0, 0.05) is 10.8 Å². The Hall–Kier alpha value is -7.48. The van der Waals surface area contributed by atoms with Crippen molar-refractivity contribution in [3.8, 4) is 44.5 Å². The second-order valence-corrected chi connectivity index (χ2v) is 16.3. The van der Waals surface area contributed by atoms with E-state index < -0.39 is 5.41 Å². The van der Waals surface area contributed by atoms with Crippen LogP contribution in [0.2, 0.25) is 0 Å². The molecule has 0 amide bonds. The molecule has 0 N–H and O–H groups in total. The normalized spacial score (nSPS) is 13.7. The number of rotatable bonds is 2. The summed E-state index contributed by atoms with van der Waals surface area (Å²) in [6.45, 7) is 0. The number of hydrogen-bond acceptors (Lipinski definition) is 1. The minimum atomic E-state index is -0.531. The molecule has 14 rings (SSSR count). The van der Waals surface area contributed by atoms with Crippen LogP contribution in [0.4, 0.5) is 0 Å². The average molecular weight is 733 g/mol. The zero-order valence-electron chi connectivity index (χ0n) is 31.4. The Bertz CT molecular complexity index is 3690. The molecule has 0 aliphatic heterocycles. The maximum Gasteiger partial charge on any atom is 0.136 e. The number of para-hydroxylation sites is 1. The maximum atomic E-state index is 6.59. The second kappa shape index (κ2) is 10.9. The first kappa shape index (κ1) is 30.7. The lowest BCUT2D eigenvalue weighted by atomic mass is 9.69. The van der Waals surface area contributed by atoms with Gasteiger partial charge in [-0.1, -0.05) is 164 Å². The third-order valence-corrected chi connectivity index (χ3v) is 13.6. The SMILES string of the molecule is c1ccc2c(c1)-c1ccccc1C21c2cc(-c3ccc4ccc5cccc6ccc3c4c56)cc(-c3ccc4c(c3)oc3ccccc34)c2-c2ccc3ccccc3c21. The number of benzene rings is 11. The molecule has 0 saturated heterocycles. The van der Waals surface area contributed by atoms with Crippen molar-refractivity contribution in [1.82, 2.24) is 0 Å². The summed E-state index contributed by atoms with van der Waals surface area (Å²) in [6.07, 6.45) is 0. The molecule has 0 bridgehead atoms. The maximum absolute atomic E-state index is 6.59. The van der Waals surface area contributed by atoms with Crippen LogP contribution in [-0.2, 0) is 5.41 Å². The molecule has 1 aromatic heterocycles. The van der Waals surface area contributed by atoms with Gasteiger partial charge in [0.15, 0.2) is 0 Å². The Morgan fingerprint density at radius 2 is 0.914 bits per heavy atom. The lowest BCUT2D eigenvalue weighted by Gasteiger charge is -2.32. The quantitative estimate of drug-likeness (QED) is 0.161. The van der Waals surface area contributed by atoms with E-state index in [0.29, 0.717) is 0 Å². The van der Waals surface area contributed by atoms with Crippen LogP contribution in [0.5, 0.6) is 0 Å². The largest absolute Gasteiger partial charge is 0.456 e. The summed E-state index contributed by atoms with van der Waals surface area (Å²) in [5.41, 5.74) is 16.7. The molecule has 11 aromatic carbocycles. The van der Waals surface area contributed by atoms with E-state index in [4.69, 9.17) is 4.42 Å². The van der Waals surface area contributed by atoms with Crippen molar-refractivity contribution in [2.75, 3.05) is 0 Å². The Kier molecular flexibility index (Phi) is 5.76. The van der Waals surface area contributed by atoms with Crippen molar-refractivity contribution < 1.29 is 4.42 Å². The van der Waals surface area contributed by atoms with Gasteiger partial charge in [0.2, 0.25) is 0 Å². The minimum absolute atomic E-state index is 0.531. The second-order valence-electron chi connectivity index (χ2n) is 16.3. The molecule has 0 radical (unpaired) electrons. The molecule has 2 aliphatic carbocycles. The zero-order chi connectivity index (χ0) is 37.7. The molecule has 1 heterocycles. The molecule has 0 saturated carbocycles. The zero-order valence-corrected chi connectivity index (χ0v) is 31.4. The highest BCUT2D eigenvalue weighted by Gasteiger charge is 2.53. The molecule has 0 atom stereocenters. The van der Waals surface area contributed by atoms with E-state index in [1.807, 2.05) is 0 Å². The summed E-state index contributed by atoms with van der Waals surface area (Å²) in [5.74, 6) is 0. The van der Waals surface area contributed by atoms with Gasteiger partial charge in [-0.05, 0) is 140 Å². The summed E-state index contributed by atoms with van der Waals surface area (Å²) in [7, 11) is 0. The van der Waals surface area contributed by atoms with Gasteiger partial charge in [-0.25, -0.2) is 0 Å². The summed E-state index contributed by atoms with van der Waals surface area (Å²) in [4.78, 5) is 0.